The number of carbonyl (C=O) groups excluding carboxylic acids is 3. The zero-order valence-electron chi connectivity index (χ0n) is 21.1. The molecule has 2 amide bonds. The van der Waals surface area contributed by atoms with Crippen LogP contribution < -0.4 is 5.32 Å². The van der Waals surface area contributed by atoms with Crippen LogP contribution in [-0.4, -0.2) is 49.3 Å². The number of Topliss-reactive ketones (excluding diaryl/α,β-unsaturated/α-hetero) is 1. The maximum atomic E-state index is 13.2. The molecule has 2 aromatic rings. The number of methoxy groups -OCH3 is 1. The van der Waals surface area contributed by atoms with E-state index < -0.39 is 0 Å². The molecule has 1 heterocycles. The second kappa shape index (κ2) is 12.6. The van der Waals surface area contributed by atoms with Crippen LogP contribution in [-0.2, 0) is 14.3 Å². The third kappa shape index (κ3) is 6.91. The van der Waals surface area contributed by atoms with Gasteiger partial charge in [-0.3, -0.25) is 14.4 Å². The molecule has 4 rings (SSSR count). The lowest BCUT2D eigenvalue weighted by molar-refractivity contribution is -0.122. The zero-order chi connectivity index (χ0) is 25.3. The highest BCUT2D eigenvalue weighted by atomic mass is 16.5. The van der Waals surface area contributed by atoms with E-state index in [1.807, 2.05) is 53.4 Å². The first kappa shape index (κ1) is 25.8. The van der Waals surface area contributed by atoms with Crippen LogP contribution in [0.1, 0.15) is 63.2 Å². The number of ketones is 1. The smallest absolute Gasteiger partial charge is 0.253 e. The Kier molecular flexibility index (Phi) is 9.06. The molecule has 6 heteroatoms. The first-order chi connectivity index (χ1) is 17.5. The molecule has 1 aliphatic heterocycles. The minimum Gasteiger partial charge on any atom is -0.385 e. The number of nitrogens with one attached hydrogen (secondary N) is 1. The maximum Gasteiger partial charge on any atom is 0.253 e. The normalized spacial score (nSPS) is 16.0. The van der Waals surface area contributed by atoms with E-state index in [0.717, 1.165) is 60.9 Å². The molecule has 0 radical (unpaired) electrons. The van der Waals surface area contributed by atoms with Gasteiger partial charge >= 0.3 is 0 Å². The predicted molar refractivity (Wildman–Crippen MR) is 144 cm³/mol. The molecule has 1 N–H and O–H groups in total. The summed E-state index contributed by atoms with van der Waals surface area (Å²) in [5.74, 6) is 0.500. The Morgan fingerprint density at radius 2 is 1.86 bits per heavy atom. The summed E-state index contributed by atoms with van der Waals surface area (Å²) in [6, 6.07) is 15.5. The number of rotatable bonds is 10. The van der Waals surface area contributed by atoms with Crippen molar-refractivity contribution in [1.82, 2.24) is 4.90 Å². The summed E-state index contributed by atoms with van der Waals surface area (Å²) in [5.41, 5.74) is 4.59. The third-order valence-corrected chi connectivity index (χ3v) is 7.12. The quantitative estimate of drug-likeness (QED) is 0.333. The van der Waals surface area contributed by atoms with E-state index in [1.54, 1.807) is 7.11 Å². The summed E-state index contributed by atoms with van der Waals surface area (Å²) in [5, 5.41) is 3.03. The number of hydrogen-bond donors (Lipinski definition) is 1. The van der Waals surface area contributed by atoms with E-state index >= 15 is 0 Å². The number of carbonyl (C=O) groups is 3. The third-order valence-electron chi connectivity index (χ3n) is 7.12. The Morgan fingerprint density at radius 1 is 1.06 bits per heavy atom. The largest absolute Gasteiger partial charge is 0.385 e. The van der Waals surface area contributed by atoms with Crippen LogP contribution in [0.25, 0.3) is 11.1 Å². The average molecular weight is 491 g/mol. The van der Waals surface area contributed by atoms with E-state index in [9.17, 15) is 14.4 Å². The van der Waals surface area contributed by atoms with Crippen molar-refractivity contribution < 1.29 is 20.5 Å². The molecule has 0 aromatic heterocycles. The highest BCUT2D eigenvalue weighted by Crippen LogP contribution is 2.29. The van der Waals surface area contributed by atoms with Crippen LogP contribution in [0.3, 0.4) is 0 Å². The van der Waals surface area contributed by atoms with Crippen molar-refractivity contribution in [3.63, 3.8) is 0 Å². The highest BCUT2D eigenvalue weighted by molar-refractivity contribution is 5.95. The minimum atomic E-state index is 0. The fourth-order valence-electron chi connectivity index (χ4n) is 4.72. The Morgan fingerprint density at radius 3 is 2.58 bits per heavy atom. The Bertz CT molecular complexity index is 1110. The van der Waals surface area contributed by atoms with Crippen LogP contribution in [0.2, 0.25) is 0 Å². The molecule has 1 aliphatic carbocycles. The first-order valence-electron chi connectivity index (χ1n) is 13.0. The van der Waals surface area contributed by atoms with Crippen molar-refractivity contribution in [2.45, 2.75) is 51.4 Å². The molecule has 36 heavy (non-hydrogen) atoms. The number of ether oxygens (including phenoxy) is 1. The molecule has 1 saturated carbocycles. The van der Waals surface area contributed by atoms with Gasteiger partial charge in [-0.1, -0.05) is 42.3 Å². The van der Waals surface area contributed by atoms with Gasteiger partial charge in [0.15, 0.2) is 0 Å². The van der Waals surface area contributed by atoms with Gasteiger partial charge in [0.2, 0.25) is 5.91 Å². The van der Waals surface area contributed by atoms with E-state index in [0.29, 0.717) is 38.1 Å². The van der Waals surface area contributed by atoms with Crippen LogP contribution in [0.4, 0.5) is 5.69 Å². The van der Waals surface area contributed by atoms with Crippen molar-refractivity contribution in [3.8, 4) is 11.1 Å². The van der Waals surface area contributed by atoms with Crippen LogP contribution in [0.5, 0.6) is 0 Å². The standard InChI is InChI=1S/C30H36N2O4.H2/c1-36-19-5-11-28(33)20-22-6-4-17-32(18-16-22)30(35)25-14-12-23(13-15-25)26-9-3-10-27(21-26)31-29(34)24-7-2-8-24;/h3,6,9-10,12-15,21,24H,2,4-5,7-8,11,16-20H2,1H3,(H,31,34);1H. The van der Waals surface area contributed by atoms with Gasteiger partial charge < -0.3 is 15.0 Å². The topological polar surface area (TPSA) is 75.7 Å². The highest BCUT2D eigenvalue weighted by Gasteiger charge is 2.25. The molecule has 0 unspecified atom stereocenters. The Labute approximate surface area is 215 Å². The molecule has 0 spiro atoms. The maximum absolute atomic E-state index is 13.2. The fraction of sp³-hybridized carbons (Fsp3) is 0.433. The first-order valence-corrected chi connectivity index (χ1v) is 13.0. The van der Waals surface area contributed by atoms with E-state index in [2.05, 4.69) is 11.4 Å². The van der Waals surface area contributed by atoms with Crippen molar-refractivity contribution in [3.05, 3.63) is 65.7 Å². The molecule has 0 atom stereocenters. The molecule has 0 saturated heterocycles. The zero-order valence-corrected chi connectivity index (χ0v) is 21.1. The molecule has 2 aliphatic rings. The number of hydrogen-bond acceptors (Lipinski definition) is 4. The lowest BCUT2D eigenvalue weighted by Crippen LogP contribution is -2.32. The van der Waals surface area contributed by atoms with Crippen molar-refractivity contribution in [1.29, 1.82) is 0 Å². The second-order valence-corrected chi connectivity index (χ2v) is 9.78. The summed E-state index contributed by atoms with van der Waals surface area (Å²) in [4.78, 5) is 39.5. The minimum absolute atomic E-state index is 0. The van der Waals surface area contributed by atoms with Crippen molar-refractivity contribution in [2.24, 2.45) is 5.92 Å². The predicted octanol–water partition coefficient (Wildman–Crippen LogP) is 5.89. The monoisotopic (exact) mass is 490 g/mol. The van der Waals surface area contributed by atoms with E-state index in [4.69, 9.17) is 4.74 Å². The van der Waals surface area contributed by atoms with Gasteiger partial charge in [-0.2, -0.15) is 0 Å². The molecule has 6 nitrogen and oxygen atoms in total. The number of amides is 2. The molecular formula is C30H38N2O4. The van der Waals surface area contributed by atoms with Crippen LogP contribution in [0.15, 0.2) is 60.2 Å². The summed E-state index contributed by atoms with van der Waals surface area (Å²) >= 11 is 0. The van der Waals surface area contributed by atoms with E-state index in [1.165, 1.54) is 0 Å². The fourth-order valence-corrected chi connectivity index (χ4v) is 4.72. The Balaban J connectivity index is 0.00000380. The van der Waals surface area contributed by atoms with Gasteiger partial charge in [0, 0.05) is 58.2 Å². The lowest BCUT2D eigenvalue weighted by Gasteiger charge is -2.24. The van der Waals surface area contributed by atoms with Gasteiger partial charge in [0.1, 0.15) is 5.78 Å². The van der Waals surface area contributed by atoms with Crippen molar-refractivity contribution in [2.75, 3.05) is 32.1 Å². The molecule has 192 valence electrons. The van der Waals surface area contributed by atoms with Crippen LogP contribution in [0, 0.1) is 5.92 Å². The summed E-state index contributed by atoms with van der Waals surface area (Å²) in [7, 11) is 1.65. The molecule has 1 fully saturated rings. The number of benzene rings is 2. The van der Waals surface area contributed by atoms with E-state index in [-0.39, 0.29) is 24.9 Å². The summed E-state index contributed by atoms with van der Waals surface area (Å²) < 4.78 is 5.02. The summed E-state index contributed by atoms with van der Waals surface area (Å²) in [6.07, 6.45) is 8.47. The lowest BCUT2D eigenvalue weighted by atomic mass is 9.85. The molecular weight excluding hydrogens is 452 g/mol. The van der Waals surface area contributed by atoms with Gasteiger partial charge in [0.25, 0.3) is 5.91 Å². The average Bonchev–Trinajstić information content (AvgIpc) is 3.08. The molecule has 2 aromatic carbocycles. The van der Waals surface area contributed by atoms with Gasteiger partial charge in [-0.05, 0) is 67.5 Å². The Hall–Kier alpha value is -3.25. The van der Waals surface area contributed by atoms with Gasteiger partial charge in [-0.25, -0.2) is 0 Å². The van der Waals surface area contributed by atoms with Crippen LogP contribution >= 0.6 is 0 Å². The van der Waals surface area contributed by atoms with Crippen molar-refractivity contribution >= 4 is 23.3 Å². The molecule has 0 bridgehead atoms. The second-order valence-electron chi connectivity index (χ2n) is 9.78. The number of nitrogens with zero attached hydrogens (tertiary/aromatic N) is 1. The summed E-state index contributed by atoms with van der Waals surface area (Å²) in [6.45, 7) is 1.89. The van der Waals surface area contributed by atoms with Gasteiger partial charge in [0.05, 0.1) is 0 Å². The number of anilines is 1. The SMILES string of the molecule is COCCCC(=O)CC1=CCCN(C(=O)c2ccc(-c3cccc(NC(=O)C4CCC4)c3)cc2)CC1.[HH]. The van der Waals surface area contributed by atoms with Gasteiger partial charge in [-0.15, -0.1) is 0 Å².